The van der Waals surface area contributed by atoms with Gasteiger partial charge in [0.25, 0.3) is 0 Å². The minimum absolute atomic E-state index is 0.0582. The van der Waals surface area contributed by atoms with E-state index in [1.807, 2.05) is 0 Å². The predicted octanol–water partition coefficient (Wildman–Crippen LogP) is 2.34. The second-order valence-electron chi connectivity index (χ2n) is 5.18. The number of carbonyl (C=O) groups excluding carboxylic acids is 1. The van der Waals surface area contributed by atoms with Crippen LogP contribution in [0.5, 0.6) is 0 Å². The molecule has 120 valence electrons. The maximum Gasteiger partial charge on any atom is 0.303 e. The summed E-state index contributed by atoms with van der Waals surface area (Å²) in [5.74, 6) is -1.18. The van der Waals surface area contributed by atoms with Crippen molar-refractivity contribution >= 4 is 21.6 Å². The van der Waals surface area contributed by atoms with Gasteiger partial charge in [0.05, 0.1) is 4.90 Å². The quantitative estimate of drug-likeness (QED) is 0.820. The molecule has 0 radical (unpaired) electrons. The first-order chi connectivity index (χ1) is 10.8. The lowest BCUT2D eigenvalue weighted by Gasteiger charge is -2.08. The summed E-state index contributed by atoms with van der Waals surface area (Å²) in [6.07, 6.45) is 1.31. The van der Waals surface area contributed by atoms with Gasteiger partial charge in [-0.25, -0.2) is 8.42 Å². The van der Waals surface area contributed by atoms with Crippen molar-refractivity contribution in [2.45, 2.75) is 17.7 Å². The number of aliphatic carboxylic acids is 1. The van der Waals surface area contributed by atoms with Gasteiger partial charge in [-0.05, 0) is 36.2 Å². The molecule has 6 heteroatoms. The second-order valence-corrected chi connectivity index (χ2v) is 7.19. The molecule has 2 rings (SSSR count). The van der Waals surface area contributed by atoms with Crippen LogP contribution in [-0.2, 0) is 21.1 Å². The van der Waals surface area contributed by atoms with Gasteiger partial charge in [-0.15, -0.1) is 0 Å². The van der Waals surface area contributed by atoms with Crippen molar-refractivity contribution in [3.8, 4) is 0 Å². The molecule has 2 aromatic carbocycles. The zero-order chi connectivity index (χ0) is 17.0. The fraction of sp³-hybridized carbons (Fsp3) is 0.176. The molecule has 0 aromatic heterocycles. The standard InChI is InChI=1S/C17H16O5S/c1-23(21,22)14-9-6-13(7-10-14)17(20)15-5-3-2-4-12(15)8-11-16(18)19/h2-7,9-10H,8,11H2,1H3,(H,18,19). The zero-order valence-electron chi connectivity index (χ0n) is 12.5. The fourth-order valence-electron chi connectivity index (χ4n) is 2.21. The van der Waals surface area contributed by atoms with Crippen molar-refractivity contribution in [3.63, 3.8) is 0 Å². The van der Waals surface area contributed by atoms with Crippen LogP contribution in [-0.4, -0.2) is 31.5 Å². The van der Waals surface area contributed by atoms with Gasteiger partial charge in [-0.3, -0.25) is 9.59 Å². The molecule has 5 nitrogen and oxygen atoms in total. The topological polar surface area (TPSA) is 88.5 Å². The molecule has 0 heterocycles. The molecule has 23 heavy (non-hydrogen) atoms. The Hall–Kier alpha value is -2.47. The van der Waals surface area contributed by atoms with E-state index in [0.717, 1.165) is 6.26 Å². The Labute approximate surface area is 134 Å². The Kier molecular flexibility index (Phi) is 4.95. The van der Waals surface area contributed by atoms with Crippen LogP contribution >= 0.6 is 0 Å². The number of carboxylic acids is 1. The number of ketones is 1. The number of sulfone groups is 1. The van der Waals surface area contributed by atoms with Crippen LogP contribution in [0.25, 0.3) is 0 Å². The zero-order valence-corrected chi connectivity index (χ0v) is 13.3. The lowest BCUT2D eigenvalue weighted by molar-refractivity contribution is -0.136. The van der Waals surface area contributed by atoms with E-state index in [2.05, 4.69) is 0 Å². The molecule has 0 aliphatic heterocycles. The summed E-state index contributed by atoms with van der Waals surface area (Å²) in [6.45, 7) is 0. The summed E-state index contributed by atoms with van der Waals surface area (Å²) < 4.78 is 22.9. The van der Waals surface area contributed by atoms with Crippen molar-refractivity contribution in [2.24, 2.45) is 0 Å². The third-order valence-corrected chi connectivity index (χ3v) is 4.54. The highest BCUT2D eigenvalue weighted by Gasteiger charge is 2.15. The minimum Gasteiger partial charge on any atom is -0.481 e. The van der Waals surface area contributed by atoms with Crippen LogP contribution in [0, 0.1) is 0 Å². The van der Waals surface area contributed by atoms with E-state index in [1.165, 1.54) is 24.3 Å². The summed E-state index contributed by atoms with van der Waals surface area (Å²) >= 11 is 0. The Morgan fingerprint density at radius 1 is 1.00 bits per heavy atom. The van der Waals surface area contributed by atoms with E-state index in [1.54, 1.807) is 24.3 Å². The van der Waals surface area contributed by atoms with Crippen LogP contribution in [0.3, 0.4) is 0 Å². The molecule has 0 saturated carbocycles. The Morgan fingerprint density at radius 2 is 1.61 bits per heavy atom. The SMILES string of the molecule is CS(=O)(=O)c1ccc(C(=O)c2ccccc2CCC(=O)O)cc1. The van der Waals surface area contributed by atoms with Gasteiger partial charge in [-0.2, -0.15) is 0 Å². The van der Waals surface area contributed by atoms with E-state index < -0.39 is 15.8 Å². The normalized spacial score (nSPS) is 11.2. The molecule has 0 amide bonds. The van der Waals surface area contributed by atoms with Crippen molar-refractivity contribution in [2.75, 3.05) is 6.26 Å². The third-order valence-electron chi connectivity index (χ3n) is 3.41. The highest BCUT2D eigenvalue weighted by molar-refractivity contribution is 7.90. The molecule has 0 spiro atoms. The van der Waals surface area contributed by atoms with E-state index in [0.29, 0.717) is 16.7 Å². The monoisotopic (exact) mass is 332 g/mol. The van der Waals surface area contributed by atoms with E-state index in [9.17, 15) is 18.0 Å². The highest BCUT2D eigenvalue weighted by atomic mass is 32.2. The van der Waals surface area contributed by atoms with Crippen LogP contribution in [0.1, 0.15) is 27.9 Å². The first kappa shape index (κ1) is 16.9. The van der Waals surface area contributed by atoms with Gasteiger partial charge in [0, 0.05) is 23.8 Å². The maximum absolute atomic E-state index is 12.6. The summed E-state index contributed by atoms with van der Waals surface area (Å²) in [4.78, 5) is 23.4. The van der Waals surface area contributed by atoms with Crippen LogP contribution in [0.2, 0.25) is 0 Å². The molecule has 1 N–H and O–H groups in total. The van der Waals surface area contributed by atoms with Crippen LogP contribution in [0.15, 0.2) is 53.4 Å². The van der Waals surface area contributed by atoms with Gasteiger partial charge in [0.15, 0.2) is 15.6 Å². The smallest absolute Gasteiger partial charge is 0.303 e. The lowest BCUT2D eigenvalue weighted by Crippen LogP contribution is -2.07. The summed E-state index contributed by atoms with van der Waals surface area (Å²) in [5, 5.41) is 8.79. The van der Waals surface area contributed by atoms with E-state index in [-0.39, 0.29) is 23.5 Å². The molecule has 0 bridgehead atoms. The average molecular weight is 332 g/mol. The fourth-order valence-corrected chi connectivity index (χ4v) is 2.84. The summed E-state index contributed by atoms with van der Waals surface area (Å²) in [5.41, 5.74) is 1.45. The van der Waals surface area contributed by atoms with Gasteiger partial charge in [-0.1, -0.05) is 24.3 Å². The summed E-state index contributed by atoms with van der Waals surface area (Å²) in [7, 11) is -3.31. The Morgan fingerprint density at radius 3 is 2.17 bits per heavy atom. The van der Waals surface area contributed by atoms with Gasteiger partial charge in [0.2, 0.25) is 0 Å². The minimum atomic E-state index is -3.31. The van der Waals surface area contributed by atoms with E-state index >= 15 is 0 Å². The maximum atomic E-state index is 12.6. The molecule has 0 aliphatic rings. The average Bonchev–Trinajstić information content (AvgIpc) is 2.52. The second kappa shape index (κ2) is 6.75. The lowest BCUT2D eigenvalue weighted by atomic mass is 9.96. The van der Waals surface area contributed by atoms with E-state index in [4.69, 9.17) is 5.11 Å². The molecular weight excluding hydrogens is 316 g/mol. The van der Waals surface area contributed by atoms with Crippen molar-refractivity contribution in [1.82, 2.24) is 0 Å². The summed E-state index contributed by atoms with van der Waals surface area (Å²) in [6, 6.07) is 12.5. The van der Waals surface area contributed by atoms with Crippen LogP contribution < -0.4 is 0 Å². The first-order valence-electron chi connectivity index (χ1n) is 6.93. The molecule has 0 aliphatic carbocycles. The number of hydrogen-bond donors (Lipinski definition) is 1. The Balaban J connectivity index is 2.32. The number of carboxylic acid groups (broad SMARTS) is 1. The number of benzene rings is 2. The van der Waals surface area contributed by atoms with Crippen molar-refractivity contribution in [3.05, 3.63) is 65.2 Å². The van der Waals surface area contributed by atoms with Crippen molar-refractivity contribution in [1.29, 1.82) is 0 Å². The van der Waals surface area contributed by atoms with Gasteiger partial charge >= 0.3 is 5.97 Å². The van der Waals surface area contributed by atoms with Gasteiger partial charge in [0.1, 0.15) is 0 Å². The molecule has 2 aromatic rings. The highest BCUT2D eigenvalue weighted by Crippen LogP contribution is 2.18. The largest absolute Gasteiger partial charge is 0.481 e. The molecule has 0 fully saturated rings. The molecular formula is C17H16O5S. The number of carbonyl (C=O) groups is 2. The predicted molar refractivity (Wildman–Crippen MR) is 85.4 cm³/mol. The van der Waals surface area contributed by atoms with Crippen molar-refractivity contribution < 1.29 is 23.1 Å². The van der Waals surface area contributed by atoms with Gasteiger partial charge < -0.3 is 5.11 Å². The number of hydrogen-bond acceptors (Lipinski definition) is 4. The third kappa shape index (κ3) is 4.26. The molecule has 0 atom stereocenters. The number of rotatable bonds is 6. The first-order valence-corrected chi connectivity index (χ1v) is 8.82. The van der Waals surface area contributed by atoms with Crippen LogP contribution in [0.4, 0.5) is 0 Å². The molecule has 0 saturated heterocycles. The molecule has 0 unspecified atom stereocenters. The number of aryl methyl sites for hydroxylation is 1. The Bertz CT molecular complexity index is 836.